The highest BCUT2D eigenvalue weighted by Gasteiger charge is 2.15. The minimum Gasteiger partial charge on any atom is -0.495 e. The minimum absolute atomic E-state index is 0.0597. The number of hydrogen-bond donors (Lipinski definition) is 2. The molecule has 0 saturated carbocycles. The maximum absolute atomic E-state index is 13.8. The highest BCUT2D eigenvalue weighted by atomic mass is 19.1. The van der Waals surface area contributed by atoms with Crippen molar-refractivity contribution >= 4 is 11.6 Å². The van der Waals surface area contributed by atoms with E-state index in [9.17, 15) is 9.18 Å². The predicted molar refractivity (Wildman–Crippen MR) is 91.0 cm³/mol. The lowest BCUT2D eigenvalue weighted by Gasteiger charge is -2.12. The summed E-state index contributed by atoms with van der Waals surface area (Å²) >= 11 is 0. The first kappa shape index (κ1) is 16.7. The number of nitrogens with one attached hydrogen (secondary N) is 1. The smallest absolute Gasteiger partial charge is 0.258 e. The summed E-state index contributed by atoms with van der Waals surface area (Å²) in [5.41, 5.74) is 1.01. The van der Waals surface area contributed by atoms with Crippen LogP contribution >= 0.6 is 0 Å². The van der Waals surface area contributed by atoms with Crippen LogP contribution in [0.4, 0.5) is 10.1 Å². The summed E-state index contributed by atoms with van der Waals surface area (Å²) in [5, 5.41) is 11.8. The van der Waals surface area contributed by atoms with Gasteiger partial charge < -0.3 is 19.6 Å². The molecule has 1 amide bonds. The number of carbonyl (C=O) groups excluding carboxylic acids is 1. The van der Waals surface area contributed by atoms with Crippen LogP contribution in [0, 0.1) is 5.82 Å². The standard InChI is InChI=1S/C19H16FNO4/c1-24-18-8-6-12(17-9-7-13(11-22)25-17)10-16(18)21-19(23)14-4-2-3-5-15(14)20/h2-10,22H,11H2,1H3,(H,21,23). The third-order valence-corrected chi connectivity index (χ3v) is 3.67. The number of halogens is 1. The number of rotatable bonds is 5. The van der Waals surface area contributed by atoms with Crippen molar-refractivity contribution in [3.05, 3.63) is 71.7 Å². The highest BCUT2D eigenvalue weighted by molar-refractivity contribution is 6.05. The first-order chi connectivity index (χ1) is 12.1. The lowest BCUT2D eigenvalue weighted by molar-refractivity contribution is 0.102. The topological polar surface area (TPSA) is 71.7 Å². The zero-order valence-corrected chi connectivity index (χ0v) is 13.5. The Morgan fingerprint density at radius 1 is 1.20 bits per heavy atom. The number of aliphatic hydroxyl groups excluding tert-OH is 1. The number of aliphatic hydroxyl groups is 1. The van der Waals surface area contributed by atoms with Gasteiger partial charge >= 0.3 is 0 Å². The molecule has 0 unspecified atom stereocenters. The molecule has 0 radical (unpaired) electrons. The summed E-state index contributed by atoms with van der Waals surface area (Å²) < 4.78 is 24.5. The van der Waals surface area contributed by atoms with E-state index in [4.69, 9.17) is 14.3 Å². The molecule has 1 heterocycles. The fraction of sp³-hybridized carbons (Fsp3) is 0.105. The molecule has 0 atom stereocenters. The number of furan rings is 1. The van der Waals surface area contributed by atoms with Gasteiger partial charge in [-0.25, -0.2) is 4.39 Å². The van der Waals surface area contributed by atoms with Crippen molar-refractivity contribution in [2.45, 2.75) is 6.61 Å². The molecule has 0 fully saturated rings. The van der Waals surface area contributed by atoms with Crippen LogP contribution < -0.4 is 10.1 Å². The van der Waals surface area contributed by atoms with Gasteiger partial charge in [-0.2, -0.15) is 0 Å². The van der Waals surface area contributed by atoms with Crippen LogP contribution in [0.2, 0.25) is 0 Å². The van der Waals surface area contributed by atoms with Gasteiger partial charge in [-0.3, -0.25) is 4.79 Å². The van der Waals surface area contributed by atoms with Crippen LogP contribution in [0.1, 0.15) is 16.1 Å². The second-order valence-electron chi connectivity index (χ2n) is 5.27. The average Bonchev–Trinajstić information content (AvgIpc) is 3.11. The van der Waals surface area contributed by atoms with Crippen LogP contribution in [0.3, 0.4) is 0 Å². The summed E-state index contributed by atoms with van der Waals surface area (Å²) in [6, 6.07) is 14.2. The molecule has 2 N–H and O–H groups in total. The van der Waals surface area contributed by atoms with Crippen molar-refractivity contribution in [3.63, 3.8) is 0 Å². The van der Waals surface area contributed by atoms with Gasteiger partial charge in [0.2, 0.25) is 0 Å². The van der Waals surface area contributed by atoms with Crippen molar-refractivity contribution in [3.8, 4) is 17.1 Å². The van der Waals surface area contributed by atoms with Crippen LogP contribution in [0.5, 0.6) is 5.75 Å². The van der Waals surface area contributed by atoms with E-state index in [1.165, 1.54) is 25.3 Å². The molecule has 5 nitrogen and oxygen atoms in total. The van der Waals surface area contributed by atoms with Crippen LogP contribution in [-0.2, 0) is 6.61 Å². The van der Waals surface area contributed by atoms with Crippen molar-refractivity contribution in [1.29, 1.82) is 0 Å². The maximum Gasteiger partial charge on any atom is 0.258 e. The molecular weight excluding hydrogens is 325 g/mol. The Labute approximate surface area is 143 Å². The quantitative estimate of drug-likeness (QED) is 0.740. The van der Waals surface area contributed by atoms with Crippen LogP contribution in [-0.4, -0.2) is 18.1 Å². The van der Waals surface area contributed by atoms with Gasteiger partial charge in [-0.05, 0) is 42.5 Å². The minimum atomic E-state index is -0.603. The first-order valence-electron chi connectivity index (χ1n) is 7.56. The monoisotopic (exact) mass is 341 g/mol. The lowest BCUT2D eigenvalue weighted by atomic mass is 10.1. The Hall–Kier alpha value is -3.12. The van der Waals surface area contributed by atoms with E-state index in [0.29, 0.717) is 28.5 Å². The molecule has 1 aromatic heterocycles. The average molecular weight is 341 g/mol. The third-order valence-electron chi connectivity index (χ3n) is 3.67. The second-order valence-corrected chi connectivity index (χ2v) is 5.27. The zero-order chi connectivity index (χ0) is 17.8. The zero-order valence-electron chi connectivity index (χ0n) is 13.5. The molecule has 25 heavy (non-hydrogen) atoms. The van der Waals surface area contributed by atoms with Gasteiger partial charge in [-0.1, -0.05) is 12.1 Å². The molecule has 6 heteroatoms. The lowest BCUT2D eigenvalue weighted by Crippen LogP contribution is -2.14. The van der Waals surface area contributed by atoms with Crippen molar-refractivity contribution < 1.29 is 23.4 Å². The normalized spacial score (nSPS) is 10.5. The number of amides is 1. The van der Waals surface area contributed by atoms with Crippen LogP contribution in [0.25, 0.3) is 11.3 Å². The van der Waals surface area contributed by atoms with Crippen molar-refractivity contribution in [1.82, 2.24) is 0 Å². The van der Waals surface area contributed by atoms with E-state index in [-0.39, 0.29) is 12.2 Å². The number of carbonyl (C=O) groups is 1. The number of hydrogen-bond acceptors (Lipinski definition) is 4. The second kappa shape index (κ2) is 7.19. The number of ether oxygens (including phenoxy) is 1. The Balaban J connectivity index is 1.93. The van der Waals surface area contributed by atoms with E-state index in [1.807, 2.05) is 0 Å². The van der Waals surface area contributed by atoms with E-state index in [2.05, 4.69) is 5.32 Å². The highest BCUT2D eigenvalue weighted by Crippen LogP contribution is 2.32. The van der Waals surface area contributed by atoms with Gasteiger partial charge in [0, 0.05) is 5.56 Å². The molecule has 0 aliphatic rings. The van der Waals surface area contributed by atoms with E-state index < -0.39 is 11.7 Å². The van der Waals surface area contributed by atoms with Crippen molar-refractivity contribution in [2.75, 3.05) is 12.4 Å². The predicted octanol–water partition coefficient (Wildman–Crippen LogP) is 3.84. The van der Waals surface area contributed by atoms with Crippen molar-refractivity contribution in [2.24, 2.45) is 0 Å². The molecule has 3 rings (SSSR count). The summed E-state index contributed by atoms with van der Waals surface area (Å²) in [4.78, 5) is 12.3. The van der Waals surface area contributed by atoms with E-state index in [0.717, 1.165) is 0 Å². The van der Waals surface area contributed by atoms with Gasteiger partial charge in [-0.15, -0.1) is 0 Å². The molecule has 0 saturated heterocycles. The number of anilines is 1. The van der Waals surface area contributed by atoms with Gasteiger partial charge in [0.25, 0.3) is 5.91 Å². The molecule has 3 aromatic rings. The summed E-state index contributed by atoms with van der Waals surface area (Å²) in [5.74, 6) is 0.219. The SMILES string of the molecule is COc1ccc(-c2ccc(CO)o2)cc1NC(=O)c1ccccc1F. The molecule has 128 valence electrons. The van der Waals surface area contributed by atoms with Gasteiger partial charge in [0.1, 0.15) is 29.7 Å². The maximum atomic E-state index is 13.8. The number of benzene rings is 2. The Morgan fingerprint density at radius 2 is 2.00 bits per heavy atom. The van der Waals surface area contributed by atoms with E-state index >= 15 is 0 Å². The molecule has 0 bridgehead atoms. The molecule has 0 spiro atoms. The Bertz CT molecular complexity index is 904. The van der Waals surface area contributed by atoms with E-state index in [1.54, 1.807) is 36.4 Å². The molecule has 2 aromatic carbocycles. The molecule has 0 aliphatic carbocycles. The first-order valence-corrected chi connectivity index (χ1v) is 7.56. The molecule has 0 aliphatic heterocycles. The third kappa shape index (κ3) is 3.54. The largest absolute Gasteiger partial charge is 0.495 e. The summed E-state index contributed by atoms with van der Waals surface area (Å²) in [7, 11) is 1.48. The Morgan fingerprint density at radius 3 is 2.68 bits per heavy atom. The fourth-order valence-corrected chi connectivity index (χ4v) is 2.41. The van der Waals surface area contributed by atoms with Gasteiger partial charge in [0.15, 0.2) is 0 Å². The fourth-order valence-electron chi connectivity index (χ4n) is 2.41. The van der Waals surface area contributed by atoms with Crippen LogP contribution in [0.15, 0.2) is 59.0 Å². The summed E-state index contributed by atoms with van der Waals surface area (Å²) in [6.07, 6.45) is 0. The Kier molecular flexibility index (Phi) is 4.81. The number of methoxy groups -OCH3 is 1. The molecular formula is C19H16FNO4. The van der Waals surface area contributed by atoms with Gasteiger partial charge in [0.05, 0.1) is 18.4 Å². The summed E-state index contributed by atoms with van der Waals surface area (Å²) in [6.45, 7) is -0.201.